The van der Waals surface area contributed by atoms with Gasteiger partial charge in [0.15, 0.2) is 0 Å². The number of nitrogens with one attached hydrogen (secondary N) is 6. The van der Waals surface area contributed by atoms with Crippen LogP contribution >= 0.6 is 0 Å². The van der Waals surface area contributed by atoms with Crippen molar-refractivity contribution in [2.75, 3.05) is 19.6 Å². The van der Waals surface area contributed by atoms with Crippen LogP contribution in [0.2, 0.25) is 0 Å². The summed E-state index contributed by atoms with van der Waals surface area (Å²) in [7, 11) is 0. The lowest BCUT2D eigenvalue weighted by atomic mass is 9.79. The third-order valence-corrected chi connectivity index (χ3v) is 20.3. The molecule has 0 saturated heterocycles. The van der Waals surface area contributed by atoms with Crippen molar-refractivity contribution in [3.05, 3.63) is 0 Å². The van der Waals surface area contributed by atoms with Crippen LogP contribution in [0.1, 0.15) is 345 Å². The number of carbonyl (C=O) groups excluding carboxylic acids is 11. The minimum Gasteiger partial charge on any atom is -0.481 e. The molecule has 0 spiro atoms. The van der Waals surface area contributed by atoms with Crippen molar-refractivity contribution in [2.45, 2.75) is 373 Å². The van der Waals surface area contributed by atoms with Crippen molar-refractivity contribution in [3.8, 4) is 0 Å². The average molecular weight is 1610 g/mol. The molecule has 31 nitrogen and oxygen atoms in total. The minimum atomic E-state index is -1.44. The van der Waals surface area contributed by atoms with E-state index in [4.69, 9.17) is 21.7 Å². The quantitative estimate of drug-likeness (QED) is 0.0252. The van der Waals surface area contributed by atoms with Gasteiger partial charge in [0.05, 0.1) is 18.0 Å². The van der Waals surface area contributed by atoms with Crippen molar-refractivity contribution < 1.29 is 115 Å². The van der Waals surface area contributed by atoms with Crippen LogP contribution in [-0.2, 0) is 81.5 Å². The summed E-state index contributed by atoms with van der Waals surface area (Å²) in [5.74, 6) is -13.4. The Morgan fingerprint density at radius 3 is 1.03 bits per heavy atom. The molecule has 0 bridgehead atoms. The maximum Gasteiger partial charge on any atom is 0.326 e. The van der Waals surface area contributed by atoms with Gasteiger partial charge in [-0.3, -0.25) is 67.1 Å². The number of hydrogen-bond donors (Lipinski definition) is 14. The van der Waals surface area contributed by atoms with E-state index in [9.17, 15) is 102 Å². The fourth-order valence-corrected chi connectivity index (χ4v) is 12.9. The van der Waals surface area contributed by atoms with Crippen LogP contribution in [0.5, 0.6) is 0 Å². The molecule has 0 aliphatic carbocycles. The van der Waals surface area contributed by atoms with Gasteiger partial charge in [0, 0.05) is 117 Å². The molecule has 0 rings (SSSR count). The van der Waals surface area contributed by atoms with E-state index in [2.05, 4.69) is 31.9 Å². The Kier molecular flexibility index (Phi) is 59.6. The van der Waals surface area contributed by atoms with Crippen LogP contribution in [0.15, 0.2) is 0 Å². The topological polar surface area (TPSA) is 536 Å². The third-order valence-electron chi connectivity index (χ3n) is 20.3. The average Bonchev–Trinajstić information content (AvgIpc) is 0.867. The van der Waals surface area contributed by atoms with Gasteiger partial charge in [0.25, 0.3) is 0 Å². The predicted octanol–water partition coefficient (Wildman–Crippen LogP) is 10.3. The van der Waals surface area contributed by atoms with E-state index < -0.39 is 125 Å². The Morgan fingerprint density at radius 1 is 0.301 bits per heavy atom. The molecule has 0 heterocycles. The summed E-state index contributed by atoms with van der Waals surface area (Å²) in [5, 5.41) is 71.7. The molecule has 16 N–H and O–H groups in total. The number of ketones is 5. The number of carboxylic acid groups (broad SMARTS) is 6. The second kappa shape index (κ2) is 64.2. The molecule has 0 aromatic heterocycles. The van der Waals surface area contributed by atoms with Gasteiger partial charge in [-0.2, -0.15) is 0 Å². The lowest BCUT2D eigenvalue weighted by molar-refractivity contribution is -0.145. The van der Waals surface area contributed by atoms with Gasteiger partial charge < -0.3 is 74.0 Å². The van der Waals surface area contributed by atoms with Gasteiger partial charge in [0.1, 0.15) is 47.0 Å². The number of carbonyl (C=O) groups is 17. The molecule has 0 aliphatic heterocycles. The van der Waals surface area contributed by atoms with Crippen molar-refractivity contribution >= 4 is 100 Å². The molecule has 0 aromatic rings. The normalized spacial score (nSPS) is 13.5. The Hall–Kier alpha value is -8.09. The van der Waals surface area contributed by atoms with Crippen molar-refractivity contribution in [2.24, 2.45) is 34.6 Å². The van der Waals surface area contributed by atoms with Gasteiger partial charge in [-0.05, 0) is 116 Å². The molecule has 0 radical (unpaired) electrons. The first kappa shape index (κ1) is 105. The van der Waals surface area contributed by atoms with E-state index in [1.165, 1.54) is 6.92 Å². The number of carboxylic acids is 6. The van der Waals surface area contributed by atoms with Crippen LogP contribution in [-0.4, -0.2) is 181 Å². The number of aliphatic carboxylic acids is 6. The highest BCUT2D eigenvalue weighted by molar-refractivity contribution is 5.93. The van der Waals surface area contributed by atoms with E-state index >= 15 is 0 Å². The molecule has 0 fully saturated rings. The molecule has 0 unspecified atom stereocenters. The van der Waals surface area contributed by atoms with Crippen molar-refractivity contribution in [3.63, 3.8) is 0 Å². The molecule has 8 atom stereocenters. The van der Waals surface area contributed by atoms with Gasteiger partial charge in [-0.15, -0.1) is 0 Å². The summed E-state index contributed by atoms with van der Waals surface area (Å²) in [6, 6.07) is -5.87. The first-order valence-corrected chi connectivity index (χ1v) is 41.7. The highest BCUT2D eigenvalue weighted by atomic mass is 16.4. The van der Waals surface area contributed by atoms with Gasteiger partial charge >= 0.3 is 35.8 Å². The molecule has 0 aliphatic rings. The first-order chi connectivity index (χ1) is 53.5. The lowest BCUT2D eigenvalue weighted by Crippen LogP contribution is -2.44. The summed E-state index contributed by atoms with van der Waals surface area (Å²) in [5.41, 5.74) is 11.6. The van der Waals surface area contributed by atoms with Crippen molar-refractivity contribution in [1.29, 1.82) is 0 Å². The lowest BCUT2D eigenvalue weighted by Gasteiger charge is -2.23. The predicted molar refractivity (Wildman–Crippen MR) is 428 cm³/mol. The monoisotopic (exact) mass is 1610 g/mol. The number of unbranched alkanes of at least 4 members (excludes halogenated alkanes) is 23. The first-order valence-electron chi connectivity index (χ1n) is 41.7. The molecule has 650 valence electrons. The smallest absolute Gasteiger partial charge is 0.326 e. The number of amides is 6. The summed E-state index contributed by atoms with van der Waals surface area (Å²) in [6.07, 6.45) is 22.5. The van der Waals surface area contributed by atoms with E-state index in [-0.39, 0.29) is 160 Å². The van der Waals surface area contributed by atoms with E-state index in [1.807, 2.05) is 0 Å². The molecule has 113 heavy (non-hydrogen) atoms. The Balaban J connectivity index is -0.0000627. The van der Waals surface area contributed by atoms with Crippen LogP contribution < -0.4 is 43.4 Å². The number of hydrogen-bond acceptors (Lipinski definition) is 19. The second-order valence-electron chi connectivity index (χ2n) is 31.5. The summed E-state index contributed by atoms with van der Waals surface area (Å²) >= 11 is 0. The molecule has 31 heteroatoms. The molecule has 0 saturated carbocycles. The highest BCUT2D eigenvalue weighted by Crippen LogP contribution is 2.28. The largest absolute Gasteiger partial charge is 0.481 e. The zero-order valence-corrected chi connectivity index (χ0v) is 68.2. The van der Waals surface area contributed by atoms with Gasteiger partial charge in [-0.25, -0.2) is 14.4 Å². The minimum absolute atomic E-state index is 0. The maximum atomic E-state index is 13.9. The maximum absolute atomic E-state index is 13.9. The molecular weight excluding hydrogens is 1460 g/mol. The Morgan fingerprint density at radius 2 is 0.628 bits per heavy atom. The van der Waals surface area contributed by atoms with Crippen LogP contribution in [0.25, 0.3) is 0 Å². The fourth-order valence-electron chi connectivity index (χ4n) is 12.9. The third kappa shape index (κ3) is 58.4. The zero-order valence-electron chi connectivity index (χ0n) is 68.2. The highest BCUT2D eigenvalue weighted by Gasteiger charge is 2.32. The standard InChI is InChI=1S/C82H140N8O23.2H2/c1-57(91)58(34-28-31-52-86-76(104)63(83)38-24-21-23-36-61(92)44-45-65(79(108)109)89-72(98)48-43-60(78(106)107)54-62(93)37-22-17-13-9-5-7-11-15-19-26-41-74(100)101)55-68(94)59(56-69(95)82(2,3)4)35-29-32-53-87-77(105)64(84)39-30-33-51-85-70(96)49-46-66(80(110)111)90-73(99)50-47-67(81(112)113)88-71(97)40-25-18-14-10-6-8-12-16-20-27-42-75(102)103;;/h58-60,63-67H,5-56,83-84H2,1-4H3,(H,85,96)(H,86,104)(H,87,105)(H,88,97)(H,89,98)(H,90,99)(H,100,101)(H,102,103)(H,106,107)(H,108,109)(H,110,111)(H,112,113);2*1H/t58-,59-,60-,63+,64+,65+,66+,67+;;/m1../s1. The van der Waals surface area contributed by atoms with E-state index in [0.717, 1.165) is 103 Å². The molecule has 6 amide bonds. The van der Waals surface area contributed by atoms with Gasteiger partial charge in [0.2, 0.25) is 35.4 Å². The summed E-state index contributed by atoms with van der Waals surface area (Å²) in [4.78, 5) is 210. The molecule has 0 aromatic carbocycles. The number of nitrogens with two attached hydrogens (primary N) is 2. The van der Waals surface area contributed by atoms with Gasteiger partial charge in [-0.1, -0.05) is 149 Å². The van der Waals surface area contributed by atoms with E-state index in [1.54, 1.807) is 20.8 Å². The van der Waals surface area contributed by atoms with Crippen molar-refractivity contribution in [1.82, 2.24) is 31.9 Å². The van der Waals surface area contributed by atoms with E-state index in [0.29, 0.717) is 103 Å². The number of rotatable bonds is 76. The fraction of sp³-hybridized carbons (Fsp3) is 0.793. The van der Waals surface area contributed by atoms with Crippen LogP contribution in [0, 0.1) is 23.2 Å². The summed E-state index contributed by atoms with van der Waals surface area (Å²) in [6.45, 7) is 7.43. The second-order valence-corrected chi connectivity index (χ2v) is 31.5. The SMILES string of the molecule is CC(=O)[C@H](CCCCNC(=O)[C@@H](N)CCCCCC(=O)CC[C@H](NC(=O)CC[C@H](CC(=O)CCCCCCCCCCCCC(=O)O)C(=O)O)C(=O)O)CC(=O)[C@H](CCCCNC(=O)[C@@H](N)CCCCNC(=O)CC[C@H](NC(=O)CC[C@H](NC(=O)CCCCCCCCCCCCC(=O)O)C(=O)O)C(=O)O)CC(=O)C(C)(C)C.[HH].[HH]. The molecular formula is C82H144N8O23. The van der Waals surface area contributed by atoms with Crippen LogP contribution in [0.3, 0.4) is 0 Å². The Bertz CT molecular complexity index is 2930. The zero-order chi connectivity index (χ0) is 84.9. The summed E-state index contributed by atoms with van der Waals surface area (Å²) < 4.78 is 0. The van der Waals surface area contributed by atoms with Crippen LogP contribution in [0.4, 0.5) is 0 Å². The number of Topliss-reactive ketones (excluding diaryl/α,β-unsaturated/α-hetero) is 5. The Labute approximate surface area is 671 Å².